The van der Waals surface area contributed by atoms with Crippen molar-refractivity contribution in [2.45, 2.75) is 39.4 Å². The van der Waals surface area contributed by atoms with Gasteiger partial charge >= 0.3 is 6.09 Å². The SMILES string of the molecule is Cn1ncc2ccc(COc3cccc(C4=CCN(C(=O)OC(C)(C)C)CC4)n3)cc21. The fraction of sp³-hybridized carbons (Fsp3) is 0.375. The monoisotopic (exact) mass is 420 g/mol. The third kappa shape index (κ3) is 5.05. The predicted octanol–water partition coefficient (Wildman–Crippen LogP) is 4.57. The van der Waals surface area contributed by atoms with Gasteiger partial charge in [-0.3, -0.25) is 4.68 Å². The number of ether oxygens (including phenoxy) is 2. The zero-order valence-corrected chi connectivity index (χ0v) is 18.5. The Bertz CT molecular complexity index is 1130. The molecule has 2 aromatic heterocycles. The van der Waals surface area contributed by atoms with E-state index in [4.69, 9.17) is 9.47 Å². The molecular weight excluding hydrogens is 392 g/mol. The lowest BCUT2D eigenvalue weighted by molar-refractivity contribution is 0.0270. The van der Waals surface area contributed by atoms with Crippen LogP contribution in [0.15, 0.2) is 48.7 Å². The van der Waals surface area contributed by atoms with Crippen LogP contribution in [0.4, 0.5) is 4.79 Å². The molecule has 0 spiro atoms. The summed E-state index contributed by atoms with van der Waals surface area (Å²) >= 11 is 0. The summed E-state index contributed by atoms with van der Waals surface area (Å²) in [5.41, 5.74) is 3.64. The lowest BCUT2D eigenvalue weighted by Gasteiger charge is -2.29. The molecule has 0 bridgehead atoms. The van der Waals surface area contributed by atoms with Crippen molar-refractivity contribution < 1.29 is 14.3 Å². The van der Waals surface area contributed by atoms with Gasteiger partial charge in [0.2, 0.25) is 5.88 Å². The van der Waals surface area contributed by atoms with Gasteiger partial charge in [-0.25, -0.2) is 9.78 Å². The third-order valence-corrected chi connectivity index (χ3v) is 5.11. The fourth-order valence-corrected chi connectivity index (χ4v) is 3.50. The molecule has 3 aromatic rings. The second-order valence-corrected chi connectivity index (χ2v) is 8.72. The van der Waals surface area contributed by atoms with E-state index in [0.717, 1.165) is 34.2 Å². The number of carbonyl (C=O) groups excluding carboxylic acids is 1. The molecule has 1 amide bonds. The molecule has 1 aromatic carbocycles. The number of rotatable bonds is 4. The topological polar surface area (TPSA) is 69.5 Å². The molecule has 0 N–H and O–H groups in total. The van der Waals surface area contributed by atoms with E-state index in [1.807, 2.05) is 75.1 Å². The maximum absolute atomic E-state index is 12.2. The van der Waals surface area contributed by atoms with Crippen molar-refractivity contribution in [3.8, 4) is 5.88 Å². The van der Waals surface area contributed by atoms with Crippen LogP contribution in [0, 0.1) is 0 Å². The van der Waals surface area contributed by atoms with Gasteiger partial charge in [0.1, 0.15) is 12.2 Å². The summed E-state index contributed by atoms with van der Waals surface area (Å²) in [6, 6.07) is 12.0. The molecule has 0 atom stereocenters. The maximum Gasteiger partial charge on any atom is 0.410 e. The highest BCUT2D eigenvalue weighted by Gasteiger charge is 2.24. The molecule has 162 valence electrons. The largest absolute Gasteiger partial charge is 0.473 e. The lowest BCUT2D eigenvalue weighted by Crippen LogP contribution is -2.39. The molecule has 7 heteroatoms. The van der Waals surface area contributed by atoms with Crippen LogP contribution in [0.2, 0.25) is 0 Å². The van der Waals surface area contributed by atoms with Crippen molar-refractivity contribution in [3.05, 3.63) is 59.9 Å². The molecular formula is C24H28N4O3. The first-order valence-electron chi connectivity index (χ1n) is 10.5. The highest BCUT2D eigenvalue weighted by molar-refractivity contribution is 5.79. The van der Waals surface area contributed by atoms with Crippen molar-refractivity contribution in [1.29, 1.82) is 0 Å². The summed E-state index contributed by atoms with van der Waals surface area (Å²) in [5.74, 6) is 0.582. The number of hydrogen-bond acceptors (Lipinski definition) is 5. The number of hydrogen-bond donors (Lipinski definition) is 0. The summed E-state index contributed by atoms with van der Waals surface area (Å²) in [6.45, 7) is 7.18. The first kappa shape index (κ1) is 20.9. The van der Waals surface area contributed by atoms with Gasteiger partial charge in [-0.15, -0.1) is 0 Å². The molecule has 1 aliphatic heterocycles. The Morgan fingerprint density at radius 2 is 2.03 bits per heavy atom. The number of amides is 1. The van der Waals surface area contributed by atoms with Gasteiger partial charge in [-0.2, -0.15) is 5.10 Å². The summed E-state index contributed by atoms with van der Waals surface area (Å²) < 4.78 is 13.3. The van der Waals surface area contributed by atoms with Crippen LogP contribution < -0.4 is 4.74 Å². The van der Waals surface area contributed by atoms with E-state index >= 15 is 0 Å². The minimum absolute atomic E-state index is 0.279. The van der Waals surface area contributed by atoms with E-state index in [2.05, 4.69) is 16.1 Å². The van der Waals surface area contributed by atoms with Crippen molar-refractivity contribution in [1.82, 2.24) is 19.7 Å². The van der Waals surface area contributed by atoms with Gasteiger partial charge in [0.15, 0.2) is 0 Å². The second-order valence-electron chi connectivity index (χ2n) is 8.72. The smallest absolute Gasteiger partial charge is 0.410 e. The van der Waals surface area contributed by atoms with E-state index in [1.54, 1.807) is 4.90 Å². The first-order chi connectivity index (χ1) is 14.8. The van der Waals surface area contributed by atoms with E-state index in [9.17, 15) is 4.79 Å². The maximum atomic E-state index is 12.2. The molecule has 0 saturated heterocycles. The Morgan fingerprint density at radius 1 is 1.19 bits per heavy atom. The Morgan fingerprint density at radius 3 is 2.77 bits per heavy atom. The molecule has 0 radical (unpaired) electrons. The standard InChI is InChI=1S/C24H28N4O3/c1-24(2,3)31-23(29)28-12-10-18(11-13-28)20-6-5-7-22(26-20)30-16-17-8-9-19-15-25-27(4)21(19)14-17/h5-10,14-15H,11-13,16H2,1-4H3. The predicted molar refractivity (Wildman–Crippen MR) is 120 cm³/mol. The van der Waals surface area contributed by atoms with E-state index in [0.29, 0.717) is 25.6 Å². The molecule has 0 aliphatic carbocycles. The Kier molecular flexibility index (Phi) is 5.67. The quantitative estimate of drug-likeness (QED) is 0.618. The lowest BCUT2D eigenvalue weighted by atomic mass is 10.0. The second kappa shape index (κ2) is 8.41. The highest BCUT2D eigenvalue weighted by atomic mass is 16.6. The molecule has 0 fully saturated rings. The average molecular weight is 421 g/mol. The van der Waals surface area contributed by atoms with Gasteiger partial charge in [0, 0.05) is 31.6 Å². The zero-order valence-electron chi connectivity index (χ0n) is 18.5. The Hall–Kier alpha value is -3.35. The number of benzene rings is 1. The number of carbonyl (C=O) groups is 1. The fourth-order valence-electron chi connectivity index (χ4n) is 3.50. The average Bonchev–Trinajstić information content (AvgIpc) is 3.12. The molecule has 31 heavy (non-hydrogen) atoms. The van der Waals surface area contributed by atoms with Crippen LogP contribution in [0.25, 0.3) is 16.5 Å². The van der Waals surface area contributed by atoms with Gasteiger partial charge < -0.3 is 14.4 Å². The summed E-state index contributed by atoms with van der Waals surface area (Å²) in [4.78, 5) is 18.6. The molecule has 1 aliphatic rings. The van der Waals surface area contributed by atoms with Crippen molar-refractivity contribution in [3.63, 3.8) is 0 Å². The van der Waals surface area contributed by atoms with Crippen LogP contribution in [-0.4, -0.2) is 44.4 Å². The van der Waals surface area contributed by atoms with Crippen LogP contribution >= 0.6 is 0 Å². The number of nitrogens with zero attached hydrogens (tertiary/aromatic N) is 4. The number of pyridine rings is 1. The van der Waals surface area contributed by atoms with Crippen LogP contribution in [0.5, 0.6) is 5.88 Å². The summed E-state index contributed by atoms with van der Waals surface area (Å²) in [6.07, 6.45) is 4.34. The normalized spacial score (nSPS) is 14.5. The van der Waals surface area contributed by atoms with Crippen molar-refractivity contribution >= 4 is 22.6 Å². The van der Waals surface area contributed by atoms with Gasteiger partial charge in [0.05, 0.1) is 17.4 Å². The zero-order chi connectivity index (χ0) is 22.0. The molecule has 7 nitrogen and oxygen atoms in total. The third-order valence-electron chi connectivity index (χ3n) is 5.11. The molecule has 0 unspecified atom stereocenters. The van der Waals surface area contributed by atoms with Crippen LogP contribution in [0.3, 0.4) is 0 Å². The minimum Gasteiger partial charge on any atom is -0.473 e. The van der Waals surface area contributed by atoms with Gasteiger partial charge in [-0.1, -0.05) is 24.3 Å². The van der Waals surface area contributed by atoms with Crippen LogP contribution in [0.1, 0.15) is 38.4 Å². The number of aryl methyl sites for hydroxylation is 1. The Balaban J connectivity index is 1.40. The van der Waals surface area contributed by atoms with Crippen molar-refractivity contribution in [2.24, 2.45) is 7.05 Å². The van der Waals surface area contributed by atoms with Crippen molar-refractivity contribution in [2.75, 3.05) is 13.1 Å². The Labute approximate surface area is 182 Å². The van der Waals surface area contributed by atoms with E-state index in [1.165, 1.54) is 0 Å². The van der Waals surface area contributed by atoms with E-state index in [-0.39, 0.29) is 6.09 Å². The molecule has 4 rings (SSSR count). The molecule has 0 saturated carbocycles. The minimum atomic E-state index is -0.491. The number of aromatic nitrogens is 3. The summed E-state index contributed by atoms with van der Waals surface area (Å²) in [5, 5.41) is 5.38. The van der Waals surface area contributed by atoms with Crippen LogP contribution in [-0.2, 0) is 18.4 Å². The van der Waals surface area contributed by atoms with Gasteiger partial charge in [0.25, 0.3) is 0 Å². The summed E-state index contributed by atoms with van der Waals surface area (Å²) in [7, 11) is 1.93. The van der Waals surface area contributed by atoms with E-state index < -0.39 is 5.60 Å². The first-order valence-corrected chi connectivity index (χ1v) is 10.5. The molecule has 3 heterocycles. The number of fused-ring (bicyclic) bond motifs is 1. The highest BCUT2D eigenvalue weighted by Crippen LogP contribution is 2.24. The van der Waals surface area contributed by atoms with Gasteiger partial charge in [-0.05, 0) is 50.5 Å².